The average molecular weight is 424 g/mol. The summed E-state index contributed by atoms with van der Waals surface area (Å²) >= 11 is 5.98. The van der Waals surface area contributed by atoms with Crippen molar-refractivity contribution in [1.82, 2.24) is 15.3 Å². The lowest BCUT2D eigenvalue weighted by atomic mass is 9.46. The van der Waals surface area contributed by atoms with E-state index in [1.54, 1.807) is 18.2 Å². The molecule has 0 radical (unpaired) electrons. The highest BCUT2D eigenvalue weighted by Gasteiger charge is 2.58. The van der Waals surface area contributed by atoms with Gasteiger partial charge in [-0.3, -0.25) is 14.6 Å². The van der Waals surface area contributed by atoms with Crippen LogP contribution in [0.2, 0.25) is 5.15 Å². The van der Waals surface area contributed by atoms with Crippen LogP contribution in [0, 0.1) is 24.2 Å². The van der Waals surface area contributed by atoms with E-state index in [0.717, 1.165) is 37.8 Å². The Morgan fingerprint density at radius 1 is 1.03 bits per heavy atom. The quantitative estimate of drug-likeness (QED) is 0.554. The molecule has 0 spiro atoms. The third-order valence-electron chi connectivity index (χ3n) is 7.22. The number of aryl methyl sites for hydroxylation is 1. The molecule has 0 saturated heterocycles. The SMILES string of the molecule is Cc1cccc(C(=O)CC23CC4CC(C2)CC(NC(=O)c2cccc(Cl)n2)(C4)C3)n1. The highest BCUT2D eigenvalue weighted by Crippen LogP contribution is 2.63. The van der Waals surface area contributed by atoms with E-state index in [1.165, 1.54) is 6.42 Å². The Bertz CT molecular complexity index is 930. The first-order valence-electron chi connectivity index (χ1n) is 10.8. The molecule has 2 aromatic heterocycles. The molecule has 4 aliphatic carbocycles. The number of aromatic nitrogens is 2. The summed E-state index contributed by atoms with van der Waals surface area (Å²) in [5, 5.41) is 3.65. The maximum atomic E-state index is 13.1. The number of rotatable bonds is 5. The van der Waals surface area contributed by atoms with Gasteiger partial charge in [-0.05, 0) is 87.0 Å². The highest BCUT2D eigenvalue weighted by atomic mass is 35.5. The second-order valence-corrected chi connectivity index (χ2v) is 10.2. The fourth-order valence-corrected chi connectivity index (χ4v) is 6.94. The molecule has 4 fully saturated rings. The number of amides is 1. The van der Waals surface area contributed by atoms with E-state index < -0.39 is 0 Å². The molecule has 2 atom stereocenters. The smallest absolute Gasteiger partial charge is 0.270 e. The van der Waals surface area contributed by atoms with Gasteiger partial charge >= 0.3 is 0 Å². The van der Waals surface area contributed by atoms with Crippen molar-refractivity contribution in [2.24, 2.45) is 17.3 Å². The Labute approximate surface area is 181 Å². The van der Waals surface area contributed by atoms with Gasteiger partial charge in [0.1, 0.15) is 16.5 Å². The molecular formula is C24H26ClN3O2. The van der Waals surface area contributed by atoms with Gasteiger partial charge in [0.2, 0.25) is 0 Å². The number of ketones is 1. The Morgan fingerprint density at radius 2 is 1.73 bits per heavy atom. The zero-order valence-electron chi connectivity index (χ0n) is 17.2. The summed E-state index contributed by atoms with van der Waals surface area (Å²) in [6.07, 6.45) is 6.73. The van der Waals surface area contributed by atoms with Crippen LogP contribution in [0.1, 0.15) is 71.6 Å². The first-order chi connectivity index (χ1) is 14.3. The third kappa shape index (κ3) is 3.64. The first kappa shape index (κ1) is 19.7. The van der Waals surface area contributed by atoms with Crippen LogP contribution in [0.25, 0.3) is 0 Å². The van der Waals surface area contributed by atoms with Crippen LogP contribution in [0.15, 0.2) is 36.4 Å². The lowest BCUT2D eigenvalue weighted by Crippen LogP contribution is -2.63. The summed E-state index contributed by atoms with van der Waals surface area (Å²) in [6.45, 7) is 1.91. The number of Topliss-reactive ketones (excluding diaryl/α,β-unsaturated/α-hetero) is 1. The minimum Gasteiger partial charge on any atom is -0.345 e. The molecule has 2 heterocycles. The first-order valence-corrected chi connectivity index (χ1v) is 11.1. The van der Waals surface area contributed by atoms with Gasteiger partial charge in [0.05, 0.1) is 0 Å². The van der Waals surface area contributed by atoms with E-state index in [1.807, 2.05) is 25.1 Å². The van der Waals surface area contributed by atoms with E-state index in [0.29, 0.717) is 34.8 Å². The number of hydrogen-bond donors (Lipinski definition) is 1. The molecule has 4 saturated carbocycles. The van der Waals surface area contributed by atoms with Crippen LogP contribution in [0.4, 0.5) is 0 Å². The molecule has 4 aliphatic rings. The summed E-state index contributed by atoms with van der Waals surface area (Å²) in [5.41, 5.74) is 1.50. The normalized spacial score (nSPS) is 31.5. The lowest BCUT2D eigenvalue weighted by molar-refractivity contribution is -0.0771. The van der Waals surface area contributed by atoms with Gasteiger partial charge in [-0.2, -0.15) is 0 Å². The van der Waals surface area contributed by atoms with Crippen LogP contribution in [0.5, 0.6) is 0 Å². The number of nitrogens with one attached hydrogen (secondary N) is 1. The third-order valence-corrected chi connectivity index (χ3v) is 7.43. The van der Waals surface area contributed by atoms with E-state index >= 15 is 0 Å². The standard InChI is InChI=1S/C24H26ClN3O2/c1-15-4-2-5-18(26-15)20(29)13-23-9-16-8-17(10-23)12-24(11-16,14-23)28-22(30)19-6-3-7-21(25)27-19/h2-7,16-17H,8-14H2,1H3,(H,28,30). The average Bonchev–Trinajstić information content (AvgIpc) is 2.66. The summed E-state index contributed by atoms with van der Waals surface area (Å²) < 4.78 is 0. The van der Waals surface area contributed by atoms with Crippen molar-refractivity contribution in [2.75, 3.05) is 0 Å². The molecule has 30 heavy (non-hydrogen) atoms. The minimum absolute atomic E-state index is 0.0400. The van der Waals surface area contributed by atoms with Crippen molar-refractivity contribution >= 4 is 23.3 Å². The Morgan fingerprint density at radius 3 is 2.43 bits per heavy atom. The van der Waals surface area contributed by atoms with Crippen molar-refractivity contribution in [3.05, 3.63) is 58.6 Å². The molecular weight excluding hydrogens is 398 g/mol. The predicted molar refractivity (Wildman–Crippen MR) is 114 cm³/mol. The minimum atomic E-state index is -0.245. The maximum Gasteiger partial charge on any atom is 0.270 e. The number of carbonyl (C=O) groups is 2. The second kappa shape index (κ2) is 7.16. The van der Waals surface area contributed by atoms with Gasteiger partial charge in [-0.15, -0.1) is 0 Å². The van der Waals surface area contributed by atoms with Gasteiger partial charge in [0.15, 0.2) is 5.78 Å². The van der Waals surface area contributed by atoms with Gasteiger partial charge in [0, 0.05) is 17.7 Å². The molecule has 2 aromatic rings. The Balaban J connectivity index is 1.38. The molecule has 0 aliphatic heterocycles. The van der Waals surface area contributed by atoms with Crippen LogP contribution < -0.4 is 5.32 Å². The van der Waals surface area contributed by atoms with Crippen molar-refractivity contribution < 1.29 is 9.59 Å². The summed E-state index contributed by atoms with van der Waals surface area (Å²) in [5.74, 6) is 1.09. The largest absolute Gasteiger partial charge is 0.345 e. The predicted octanol–water partition coefficient (Wildman–Crippen LogP) is 4.78. The van der Waals surface area contributed by atoms with Crippen LogP contribution >= 0.6 is 11.6 Å². The number of pyridine rings is 2. The fourth-order valence-electron chi connectivity index (χ4n) is 6.77. The fraction of sp³-hybridized carbons (Fsp3) is 0.500. The molecule has 1 amide bonds. The number of halogens is 1. The van der Waals surface area contributed by atoms with E-state index in [9.17, 15) is 9.59 Å². The lowest BCUT2D eigenvalue weighted by Gasteiger charge is -2.62. The van der Waals surface area contributed by atoms with Gasteiger partial charge in [-0.1, -0.05) is 23.7 Å². The Kier molecular flexibility index (Phi) is 4.69. The molecule has 0 aromatic carbocycles. The number of carbonyl (C=O) groups excluding carboxylic acids is 2. The van der Waals surface area contributed by atoms with Crippen molar-refractivity contribution in [2.45, 2.75) is 57.4 Å². The van der Waals surface area contributed by atoms with Crippen molar-refractivity contribution in [3.8, 4) is 0 Å². The zero-order chi connectivity index (χ0) is 20.9. The summed E-state index contributed by atoms with van der Waals surface area (Å²) in [6, 6.07) is 10.7. The molecule has 5 nitrogen and oxygen atoms in total. The second-order valence-electron chi connectivity index (χ2n) is 9.81. The Hall–Kier alpha value is -2.27. The van der Waals surface area contributed by atoms with E-state index in [4.69, 9.17) is 11.6 Å². The van der Waals surface area contributed by atoms with Crippen LogP contribution in [-0.4, -0.2) is 27.2 Å². The molecule has 1 N–H and O–H groups in total. The topological polar surface area (TPSA) is 72.0 Å². The molecule has 6 rings (SSSR count). The van der Waals surface area contributed by atoms with E-state index in [2.05, 4.69) is 15.3 Å². The van der Waals surface area contributed by atoms with Crippen molar-refractivity contribution in [3.63, 3.8) is 0 Å². The number of nitrogens with zero attached hydrogens (tertiary/aromatic N) is 2. The molecule has 156 valence electrons. The maximum absolute atomic E-state index is 13.1. The van der Waals surface area contributed by atoms with Gasteiger partial charge in [0.25, 0.3) is 5.91 Å². The van der Waals surface area contributed by atoms with Gasteiger partial charge in [-0.25, -0.2) is 4.98 Å². The number of hydrogen-bond acceptors (Lipinski definition) is 4. The highest BCUT2D eigenvalue weighted by molar-refractivity contribution is 6.29. The van der Waals surface area contributed by atoms with Crippen LogP contribution in [0.3, 0.4) is 0 Å². The summed E-state index contributed by atoms with van der Waals surface area (Å²) in [7, 11) is 0. The van der Waals surface area contributed by atoms with Gasteiger partial charge < -0.3 is 5.32 Å². The molecule has 4 bridgehead atoms. The molecule has 6 heteroatoms. The van der Waals surface area contributed by atoms with Crippen LogP contribution in [-0.2, 0) is 0 Å². The summed E-state index contributed by atoms with van der Waals surface area (Å²) in [4.78, 5) is 34.7. The van der Waals surface area contributed by atoms with E-state index in [-0.39, 0.29) is 22.6 Å². The van der Waals surface area contributed by atoms with Crippen molar-refractivity contribution in [1.29, 1.82) is 0 Å². The monoisotopic (exact) mass is 423 g/mol. The molecule has 2 unspecified atom stereocenters. The zero-order valence-corrected chi connectivity index (χ0v) is 17.9.